The Balaban J connectivity index is 1.18. The smallest absolute Gasteiger partial charge is 0.235 e. The Kier molecular flexibility index (Phi) is 5.14. The van der Waals surface area contributed by atoms with E-state index < -0.39 is 10.0 Å². The highest BCUT2D eigenvalue weighted by atomic mass is 32.2. The molecule has 4 aliphatic rings. The minimum Gasteiger partial charge on any atom is -0.376 e. The molecule has 6 rings (SSSR count). The van der Waals surface area contributed by atoms with Crippen LogP contribution in [0.1, 0.15) is 42.9 Å². The second kappa shape index (κ2) is 7.77. The Morgan fingerprint density at radius 3 is 2.29 bits per heavy atom. The topological polar surface area (TPSA) is 58.6 Å². The van der Waals surface area contributed by atoms with E-state index in [9.17, 15) is 8.42 Å². The first-order chi connectivity index (χ1) is 16.3. The van der Waals surface area contributed by atoms with Crippen LogP contribution in [0.15, 0.2) is 42.5 Å². The molecule has 0 radical (unpaired) electrons. The highest BCUT2D eigenvalue weighted by Crippen LogP contribution is 2.66. The van der Waals surface area contributed by atoms with Crippen molar-refractivity contribution in [3.05, 3.63) is 65.0 Å². The molecule has 5 nitrogen and oxygen atoms in total. The predicted molar refractivity (Wildman–Crippen MR) is 131 cm³/mol. The summed E-state index contributed by atoms with van der Waals surface area (Å²) in [7, 11) is -1.55. The number of anilines is 1. The van der Waals surface area contributed by atoms with Crippen molar-refractivity contribution in [1.82, 2.24) is 4.90 Å². The Morgan fingerprint density at radius 2 is 1.74 bits per heavy atom. The second-order valence-corrected chi connectivity index (χ2v) is 12.8. The van der Waals surface area contributed by atoms with Crippen molar-refractivity contribution in [1.29, 1.82) is 0 Å². The number of ether oxygens (including phenoxy) is 1. The van der Waals surface area contributed by atoms with Crippen LogP contribution in [0.3, 0.4) is 0 Å². The van der Waals surface area contributed by atoms with Crippen LogP contribution in [0.25, 0.3) is 0 Å². The van der Waals surface area contributed by atoms with E-state index in [1.807, 2.05) is 7.11 Å². The zero-order valence-electron chi connectivity index (χ0n) is 19.9. The lowest BCUT2D eigenvalue weighted by Gasteiger charge is -2.35. The highest BCUT2D eigenvalue weighted by Gasteiger charge is 2.68. The van der Waals surface area contributed by atoms with Crippen LogP contribution in [0.4, 0.5) is 10.1 Å². The van der Waals surface area contributed by atoms with Gasteiger partial charge in [0.1, 0.15) is 5.82 Å². The monoisotopic (exact) mass is 484 g/mol. The summed E-state index contributed by atoms with van der Waals surface area (Å²) in [6.07, 6.45) is 4.13. The first-order valence-corrected chi connectivity index (χ1v) is 14.0. The average Bonchev–Trinajstić information content (AvgIpc) is 3.69. The van der Waals surface area contributed by atoms with Gasteiger partial charge < -0.3 is 4.74 Å². The van der Waals surface area contributed by atoms with Gasteiger partial charge in [-0.05, 0) is 66.0 Å². The van der Waals surface area contributed by atoms with Crippen molar-refractivity contribution < 1.29 is 17.5 Å². The summed E-state index contributed by atoms with van der Waals surface area (Å²) in [5.41, 5.74) is 3.52. The van der Waals surface area contributed by atoms with Gasteiger partial charge in [-0.1, -0.05) is 31.2 Å². The van der Waals surface area contributed by atoms with Gasteiger partial charge in [-0.3, -0.25) is 9.62 Å². The number of benzene rings is 2. The fraction of sp³-hybridized carbons (Fsp3) is 0.556. The van der Waals surface area contributed by atoms with E-state index in [1.165, 1.54) is 17.2 Å². The van der Waals surface area contributed by atoms with Crippen LogP contribution in [0.2, 0.25) is 0 Å². The van der Waals surface area contributed by atoms with Gasteiger partial charge >= 0.3 is 0 Å². The molecule has 1 N–H and O–H groups in total. The third-order valence-corrected chi connectivity index (χ3v) is 10.8. The molecule has 0 spiro atoms. The van der Waals surface area contributed by atoms with E-state index in [4.69, 9.17) is 4.74 Å². The molecule has 2 saturated carbocycles. The Morgan fingerprint density at radius 1 is 1.09 bits per heavy atom. The molecule has 3 fully saturated rings. The average molecular weight is 485 g/mol. The lowest BCUT2D eigenvalue weighted by molar-refractivity contribution is -0.0277. The minimum absolute atomic E-state index is 0.193. The van der Waals surface area contributed by atoms with Gasteiger partial charge in [-0.25, -0.2) is 12.8 Å². The number of sulfonamides is 1. The van der Waals surface area contributed by atoms with E-state index in [1.54, 1.807) is 12.1 Å². The number of fused-ring (bicyclic) bond motifs is 2. The van der Waals surface area contributed by atoms with Gasteiger partial charge in [0.2, 0.25) is 10.0 Å². The van der Waals surface area contributed by atoms with Crippen molar-refractivity contribution in [3.63, 3.8) is 0 Å². The van der Waals surface area contributed by atoms with E-state index in [0.29, 0.717) is 35.9 Å². The highest BCUT2D eigenvalue weighted by molar-refractivity contribution is 7.93. The van der Waals surface area contributed by atoms with E-state index in [-0.39, 0.29) is 22.1 Å². The summed E-state index contributed by atoms with van der Waals surface area (Å²) in [5.74, 6) is 0.553. The zero-order valence-corrected chi connectivity index (χ0v) is 20.7. The molecule has 34 heavy (non-hydrogen) atoms. The number of rotatable bonds is 8. The quantitative estimate of drug-likeness (QED) is 0.612. The molecule has 0 aromatic heterocycles. The van der Waals surface area contributed by atoms with Crippen molar-refractivity contribution >= 4 is 15.7 Å². The Hall–Kier alpha value is -1.96. The standard InChI is InChI=1S/C27H33FN2O3S/c1-3-27(22-12-20(8-11-25(22)28)29-34(31,32)21-9-10-21)23-15-30(16-24(23)27)17-26(33-2)13-18-6-4-5-7-19(18)14-26/h4-8,11-12,21,23-24,29H,3,9-10,13-17H2,1-2H3/t23-,24+,27+. The summed E-state index contributed by atoms with van der Waals surface area (Å²) in [5, 5.41) is -0.301. The van der Waals surface area contributed by atoms with Crippen LogP contribution < -0.4 is 4.72 Å². The molecule has 1 aliphatic heterocycles. The van der Waals surface area contributed by atoms with Crippen molar-refractivity contribution in [2.45, 2.75) is 55.3 Å². The number of halogens is 1. The van der Waals surface area contributed by atoms with Gasteiger partial charge in [0, 0.05) is 50.7 Å². The Labute approximate surface area is 201 Å². The predicted octanol–water partition coefficient (Wildman–Crippen LogP) is 4.12. The van der Waals surface area contributed by atoms with Crippen LogP contribution >= 0.6 is 0 Å². The third kappa shape index (κ3) is 3.50. The maximum absolute atomic E-state index is 15.1. The van der Waals surface area contributed by atoms with Crippen LogP contribution in [-0.2, 0) is 33.0 Å². The first-order valence-electron chi connectivity index (χ1n) is 12.5. The van der Waals surface area contributed by atoms with Gasteiger partial charge in [0.15, 0.2) is 0 Å². The van der Waals surface area contributed by atoms with Gasteiger partial charge in [-0.2, -0.15) is 0 Å². The number of nitrogens with zero attached hydrogens (tertiary/aromatic N) is 1. The molecule has 3 aliphatic carbocycles. The zero-order chi connectivity index (χ0) is 23.7. The van der Waals surface area contributed by atoms with Gasteiger partial charge in [0.05, 0.1) is 10.9 Å². The number of methoxy groups -OCH3 is 1. The summed E-state index contributed by atoms with van der Waals surface area (Å²) < 4.78 is 48.7. The van der Waals surface area contributed by atoms with E-state index >= 15 is 4.39 Å². The van der Waals surface area contributed by atoms with Crippen molar-refractivity contribution in [2.75, 3.05) is 31.5 Å². The van der Waals surface area contributed by atoms with Crippen molar-refractivity contribution in [2.24, 2.45) is 11.8 Å². The molecule has 7 heteroatoms. The molecule has 3 atom stereocenters. The van der Waals surface area contributed by atoms with E-state index in [0.717, 1.165) is 38.9 Å². The molecule has 2 aromatic rings. The summed E-state index contributed by atoms with van der Waals surface area (Å²) in [4.78, 5) is 2.50. The molecule has 1 heterocycles. The second-order valence-electron chi connectivity index (χ2n) is 10.9. The lowest BCUT2D eigenvalue weighted by Crippen LogP contribution is -2.46. The molecule has 0 unspecified atom stereocenters. The SMILES string of the molecule is CC[C@]1(c2cc(NS(=O)(=O)C3CC3)ccc2F)[C@@H]2CN(CC3(OC)Cc4ccccc4C3)C[C@@H]21. The number of nitrogens with one attached hydrogen (secondary N) is 1. The molecular formula is C27H33FN2O3S. The molecule has 182 valence electrons. The molecule has 0 bridgehead atoms. The fourth-order valence-electron chi connectivity index (χ4n) is 7.02. The Bertz CT molecular complexity index is 1190. The third-order valence-electron chi connectivity index (χ3n) is 8.97. The van der Waals surface area contributed by atoms with Crippen LogP contribution in [0, 0.1) is 17.7 Å². The van der Waals surface area contributed by atoms with Crippen LogP contribution in [0.5, 0.6) is 0 Å². The molecule has 0 amide bonds. The summed E-state index contributed by atoms with van der Waals surface area (Å²) in [6.45, 7) is 4.87. The minimum atomic E-state index is -3.37. The molecule has 1 saturated heterocycles. The largest absolute Gasteiger partial charge is 0.376 e. The fourth-order valence-corrected chi connectivity index (χ4v) is 8.40. The first kappa shape index (κ1) is 22.5. The normalized spacial score (nSPS) is 29.6. The van der Waals surface area contributed by atoms with Crippen molar-refractivity contribution in [3.8, 4) is 0 Å². The van der Waals surface area contributed by atoms with Gasteiger partial charge in [-0.15, -0.1) is 0 Å². The van der Waals surface area contributed by atoms with E-state index in [2.05, 4.69) is 40.8 Å². The summed E-state index contributed by atoms with van der Waals surface area (Å²) in [6, 6.07) is 13.3. The van der Waals surface area contributed by atoms with Gasteiger partial charge in [0.25, 0.3) is 0 Å². The maximum Gasteiger partial charge on any atom is 0.235 e. The molecule has 2 aromatic carbocycles. The lowest BCUT2D eigenvalue weighted by atomic mass is 9.86. The number of hydrogen-bond donors (Lipinski definition) is 1. The number of likely N-dealkylation sites (tertiary alicyclic amines) is 1. The van der Waals surface area contributed by atoms with Crippen LogP contribution in [-0.4, -0.2) is 50.9 Å². The molecular weight excluding hydrogens is 451 g/mol. The number of piperidine rings is 1. The maximum atomic E-state index is 15.1. The number of hydrogen-bond acceptors (Lipinski definition) is 4. The summed E-state index contributed by atoms with van der Waals surface area (Å²) >= 11 is 0.